The van der Waals surface area contributed by atoms with Gasteiger partial charge in [0.1, 0.15) is 0 Å². The quantitative estimate of drug-likeness (QED) is 0.734. The summed E-state index contributed by atoms with van der Waals surface area (Å²) in [5, 5.41) is 12.0. The first-order valence-electron chi connectivity index (χ1n) is 9.49. The van der Waals surface area contributed by atoms with Crippen molar-refractivity contribution < 1.29 is 23.1 Å². The fraction of sp³-hybridized carbons (Fsp3) is 0.579. The average Bonchev–Trinajstić information content (AvgIpc) is 3.32. The summed E-state index contributed by atoms with van der Waals surface area (Å²) < 4.78 is 26.5. The van der Waals surface area contributed by atoms with Crippen molar-refractivity contribution in [3.05, 3.63) is 29.8 Å². The van der Waals surface area contributed by atoms with Gasteiger partial charge in [-0.15, -0.1) is 0 Å². The van der Waals surface area contributed by atoms with Crippen LogP contribution in [0, 0.1) is 5.92 Å². The van der Waals surface area contributed by atoms with Gasteiger partial charge in [-0.3, -0.25) is 9.59 Å². The van der Waals surface area contributed by atoms with Crippen LogP contribution in [0.5, 0.6) is 0 Å². The van der Waals surface area contributed by atoms with Gasteiger partial charge in [0.25, 0.3) is 0 Å². The van der Waals surface area contributed by atoms with E-state index in [0.717, 1.165) is 24.8 Å². The van der Waals surface area contributed by atoms with Gasteiger partial charge in [-0.25, -0.2) is 8.42 Å². The summed E-state index contributed by atoms with van der Waals surface area (Å²) in [5.41, 5.74) is 0.881. The van der Waals surface area contributed by atoms with Crippen molar-refractivity contribution in [3.8, 4) is 0 Å². The molecule has 0 unspecified atom stereocenters. The summed E-state index contributed by atoms with van der Waals surface area (Å²) >= 11 is 0. The molecule has 3 rings (SSSR count). The number of carboxylic acid groups (broad SMARTS) is 1. The number of carbonyl (C=O) groups excluding carboxylic acids is 1. The van der Waals surface area contributed by atoms with Crippen molar-refractivity contribution in [1.82, 2.24) is 9.62 Å². The lowest BCUT2D eigenvalue weighted by Gasteiger charge is -2.17. The number of rotatable bonds is 7. The number of hydrogen-bond donors (Lipinski definition) is 2. The molecule has 1 amide bonds. The molecule has 0 bridgehead atoms. The number of sulfonamides is 1. The normalized spacial score (nSPS) is 23.4. The molecule has 2 fully saturated rings. The second-order valence-electron chi connectivity index (χ2n) is 7.30. The molecule has 2 atom stereocenters. The van der Waals surface area contributed by atoms with Crippen LogP contribution >= 0.6 is 0 Å². The van der Waals surface area contributed by atoms with Crippen LogP contribution in [0.25, 0.3) is 0 Å². The minimum atomic E-state index is -3.42. The number of carbonyl (C=O) groups is 2. The van der Waals surface area contributed by atoms with Gasteiger partial charge in [0.2, 0.25) is 15.9 Å². The third-order valence-corrected chi connectivity index (χ3v) is 7.36. The largest absolute Gasteiger partial charge is 0.481 e. The Labute approximate surface area is 159 Å². The Morgan fingerprint density at radius 3 is 2.37 bits per heavy atom. The fourth-order valence-corrected chi connectivity index (χ4v) is 5.39. The van der Waals surface area contributed by atoms with E-state index in [1.165, 1.54) is 4.31 Å². The highest BCUT2D eigenvalue weighted by Gasteiger charge is 2.33. The maximum atomic E-state index is 12.5. The van der Waals surface area contributed by atoms with Gasteiger partial charge < -0.3 is 10.4 Å². The highest BCUT2D eigenvalue weighted by atomic mass is 32.2. The Balaban J connectivity index is 1.53. The van der Waals surface area contributed by atoms with Crippen molar-refractivity contribution in [2.75, 3.05) is 13.1 Å². The van der Waals surface area contributed by atoms with Crippen molar-refractivity contribution in [2.24, 2.45) is 5.92 Å². The zero-order valence-corrected chi connectivity index (χ0v) is 16.1. The number of hydrogen-bond acceptors (Lipinski definition) is 4. The molecule has 1 aliphatic heterocycles. The standard InChI is InChI=1S/C19H26N2O5S/c22-18(20-17-5-3-4-16(17)19(23)24)11-8-14-6-9-15(10-7-14)27(25,26)21-12-1-2-13-21/h6-7,9-10,16-17H,1-5,8,11-13H2,(H,20,22)(H,23,24)/t16-,17+/m1/s1. The number of aryl methyl sites for hydroxylation is 1. The second-order valence-corrected chi connectivity index (χ2v) is 9.24. The second kappa shape index (κ2) is 8.39. The van der Waals surface area contributed by atoms with Gasteiger partial charge in [-0.05, 0) is 49.8 Å². The van der Waals surface area contributed by atoms with Gasteiger partial charge in [0, 0.05) is 25.6 Å². The summed E-state index contributed by atoms with van der Waals surface area (Å²) in [5.74, 6) is -1.52. The first kappa shape index (κ1) is 19.8. The highest BCUT2D eigenvalue weighted by molar-refractivity contribution is 7.89. The Hall–Kier alpha value is -1.93. The number of nitrogens with one attached hydrogen (secondary N) is 1. The molecule has 0 aromatic heterocycles. The van der Waals surface area contributed by atoms with E-state index in [0.29, 0.717) is 32.4 Å². The predicted molar refractivity (Wildman–Crippen MR) is 99.7 cm³/mol. The first-order valence-corrected chi connectivity index (χ1v) is 10.9. The third kappa shape index (κ3) is 4.68. The van der Waals surface area contributed by atoms with Crippen LogP contribution in [0.2, 0.25) is 0 Å². The van der Waals surface area contributed by atoms with Crippen LogP contribution in [-0.2, 0) is 26.0 Å². The Kier molecular flexibility index (Phi) is 6.16. The van der Waals surface area contributed by atoms with Crippen molar-refractivity contribution in [2.45, 2.75) is 55.9 Å². The maximum absolute atomic E-state index is 12.5. The molecule has 1 aliphatic carbocycles. The summed E-state index contributed by atoms with van der Waals surface area (Å²) in [6.07, 6.45) is 4.65. The fourth-order valence-electron chi connectivity index (χ4n) is 3.87. The molecule has 148 valence electrons. The number of benzene rings is 1. The van der Waals surface area contributed by atoms with Crippen LogP contribution in [-0.4, -0.2) is 48.8 Å². The Bertz CT molecular complexity index is 785. The van der Waals surface area contributed by atoms with Gasteiger partial charge in [-0.2, -0.15) is 4.31 Å². The molecule has 0 spiro atoms. The molecule has 27 heavy (non-hydrogen) atoms. The molecule has 2 N–H and O–H groups in total. The zero-order chi connectivity index (χ0) is 19.4. The van der Waals surface area contributed by atoms with Gasteiger partial charge in [0.15, 0.2) is 0 Å². The number of amides is 1. The first-order chi connectivity index (χ1) is 12.9. The SMILES string of the molecule is O=C(CCc1ccc(S(=O)(=O)N2CCCC2)cc1)N[C@H]1CCC[C@H]1C(=O)O. The summed E-state index contributed by atoms with van der Waals surface area (Å²) in [7, 11) is -3.42. The van der Waals surface area contributed by atoms with E-state index in [9.17, 15) is 23.1 Å². The average molecular weight is 394 g/mol. The Morgan fingerprint density at radius 2 is 1.74 bits per heavy atom. The molecule has 1 aromatic rings. The molecule has 1 heterocycles. The van der Waals surface area contributed by atoms with Crippen molar-refractivity contribution in [3.63, 3.8) is 0 Å². The molecular formula is C19H26N2O5S. The molecule has 1 saturated heterocycles. The minimum Gasteiger partial charge on any atom is -0.481 e. The summed E-state index contributed by atoms with van der Waals surface area (Å²) in [6, 6.07) is 6.39. The molecule has 1 saturated carbocycles. The lowest BCUT2D eigenvalue weighted by atomic mass is 10.0. The van der Waals surface area contributed by atoms with Crippen molar-refractivity contribution >= 4 is 21.9 Å². The molecule has 8 heteroatoms. The van der Waals surface area contributed by atoms with Crippen LogP contribution in [0.3, 0.4) is 0 Å². The van der Waals surface area contributed by atoms with E-state index >= 15 is 0 Å². The molecular weight excluding hydrogens is 368 g/mol. The Morgan fingerprint density at radius 1 is 1.07 bits per heavy atom. The smallest absolute Gasteiger partial charge is 0.308 e. The number of aliphatic carboxylic acids is 1. The minimum absolute atomic E-state index is 0.165. The maximum Gasteiger partial charge on any atom is 0.308 e. The van der Waals surface area contributed by atoms with E-state index in [4.69, 9.17) is 0 Å². The summed E-state index contributed by atoms with van der Waals surface area (Å²) in [4.78, 5) is 23.6. The van der Waals surface area contributed by atoms with E-state index in [1.54, 1.807) is 24.3 Å². The summed E-state index contributed by atoms with van der Waals surface area (Å²) in [6.45, 7) is 1.14. The van der Waals surface area contributed by atoms with Crippen LogP contribution in [0.4, 0.5) is 0 Å². The molecule has 0 radical (unpaired) electrons. The van der Waals surface area contributed by atoms with Crippen LogP contribution in [0.1, 0.15) is 44.1 Å². The van der Waals surface area contributed by atoms with E-state index in [1.807, 2.05) is 0 Å². The highest BCUT2D eigenvalue weighted by Crippen LogP contribution is 2.26. The molecule has 7 nitrogen and oxygen atoms in total. The van der Waals surface area contributed by atoms with E-state index in [2.05, 4.69) is 5.32 Å². The van der Waals surface area contributed by atoms with Gasteiger partial charge >= 0.3 is 5.97 Å². The topological polar surface area (TPSA) is 104 Å². The lowest BCUT2D eigenvalue weighted by molar-refractivity contribution is -0.142. The van der Waals surface area contributed by atoms with E-state index < -0.39 is 21.9 Å². The third-order valence-electron chi connectivity index (χ3n) is 5.45. The molecule has 1 aromatic carbocycles. The van der Waals surface area contributed by atoms with E-state index in [-0.39, 0.29) is 23.3 Å². The number of carboxylic acids is 1. The zero-order valence-electron chi connectivity index (χ0n) is 15.3. The van der Waals surface area contributed by atoms with Crippen LogP contribution in [0.15, 0.2) is 29.2 Å². The lowest BCUT2D eigenvalue weighted by Crippen LogP contribution is -2.40. The van der Waals surface area contributed by atoms with Gasteiger partial charge in [-0.1, -0.05) is 18.6 Å². The predicted octanol–water partition coefficient (Wildman–Crippen LogP) is 1.77. The molecule has 2 aliphatic rings. The van der Waals surface area contributed by atoms with Gasteiger partial charge in [0.05, 0.1) is 10.8 Å². The number of nitrogens with zero attached hydrogens (tertiary/aromatic N) is 1. The van der Waals surface area contributed by atoms with Crippen molar-refractivity contribution in [1.29, 1.82) is 0 Å². The monoisotopic (exact) mass is 394 g/mol. The van der Waals surface area contributed by atoms with Crippen LogP contribution < -0.4 is 5.32 Å².